The van der Waals surface area contributed by atoms with E-state index in [0.717, 1.165) is 9.40 Å². The van der Waals surface area contributed by atoms with Crippen LogP contribution in [0.1, 0.15) is 20.0 Å². The molecule has 7 nitrogen and oxygen atoms in total. The van der Waals surface area contributed by atoms with Gasteiger partial charge in [0.2, 0.25) is 0 Å². The fourth-order valence-electron chi connectivity index (χ4n) is 2.86. The predicted molar refractivity (Wildman–Crippen MR) is 110 cm³/mol. The molecule has 28 heavy (non-hydrogen) atoms. The van der Waals surface area contributed by atoms with Crippen LogP contribution in [0.5, 0.6) is 0 Å². The van der Waals surface area contributed by atoms with Crippen molar-refractivity contribution in [1.29, 1.82) is 0 Å². The summed E-state index contributed by atoms with van der Waals surface area (Å²) in [7, 11) is 1.29. The Bertz CT molecular complexity index is 1260. The van der Waals surface area contributed by atoms with Crippen molar-refractivity contribution in [3.05, 3.63) is 69.1 Å². The van der Waals surface area contributed by atoms with Gasteiger partial charge in [-0.2, -0.15) is 0 Å². The molecule has 1 N–H and O–H groups in total. The summed E-state index contributed by atoms with van der Waals surface area (Å²) in [6.07, 6.45) is 0. The minimum Gasteiger partial charge on any atom is -0.465 e. The summed E-state index contributed by atoms with van der Waals surface area (Å²) in [5.74, 6) is -0.916. The molecular weight excluding hydrogens is 400 g/mol. The maximum absolute atomic E-state index is 12.8. The van der Waals surface area contributed by atoms with Gasteiger partial charge in [0.15, 0.2) is 0 Å². The second kappa shape index (κ2) is 7.02. The van der Waals surface area contributed by atoms with E-state index in [-0.39, 0.29) is 11.6 Å². The number of fused-ring (bicyclic) bond motifs is 2. The molecule has 0 unspecified atom stereocenters. The van der Waals surface area contributed by atoms with Gasteiger partial charge in [0.05, 0.1) is 16.9 Å². The second-order valence-electron chi connectivity index (χ2n) is 5.84. The number of anilines is 1. The van der Waals surface area contributed by atoms with Gasteiger partial charge >= 0.3 is 5.97 Å². The number of ether oxygens (including phenoxy) is 1. The summed E-state index contributed by atoms with van der Waals surface area (Å²) in [5.41, 5.74) is 0.281. The van der Waals surface area contributed by atoms with Crippen LogP contribution in [0.25, 0.3) is 20.2 Å². The van der Waals surface area contributed by atoms with Crippen LogP contribution in [0.2, 0.25) is 0 Å². The lowest BCUT2D eigenvalue weighted by atomic mass is 10.1. The Hall–Kier alpha value is -3.30. The number of nitro benzene ring substituents is 1. The monoisotopic (exact) mass is 412 g/mol. The van der Waals surface area contributed by atoms with Crippen molar-refractivity contribution in [2.75, 3.05) is 12.4 Å². The van der Waals surface area contributed by atoms with Crippen LogP contribution in [0.15, 0.2) is 48.5 Å². The van der Waals surface area contributed by atoms with Gasteiger partial charge in [-0.1, -0.05) is 18.2 Å². The minimum absolute atomic E-state index is 0.0326. The number of rotatable bonds is 4. The lowest BCUT2D eigenvalue weighted by molar-refractivity contribution is -0.384. The van der Waals surface area contributed by atoms with Crippen molar-refractivity contribution in [2.45, 2.75) is 0 Å². The molecule has 0 fully saturated rings. The number of thiophene rings is 2. The summed E-state index contributed by atoms with van der Waals surface area (Å²) in [6.45, 7) is 0. The van der Waals surface area contributed by atoms with Crippen LogP contribution in [0, 0.1) is 10.1 Å². The van der Waals surface area contributed by atoms with E-state index < -0.39 is 10.9 Å². The molecule has 0 aliphatic carbocycles. The number of nitrogens with one attached hydrogen (secondary N) is 1. The van der Waals surface area contributed by atoms with Gasteiger partial charge < -0.3 is 10.1 Å². The van der Waals surface area contributed by atoms with E-state index >= 15 is 0 Å². The second-order valence-corrected chi connectivity index (χ2v) is 7.97. The first-order chi connectivity index (χ1) is 13.5. The van der Waals surface area contributed by atoms with Crippen LogP contribution < -0.4 is 5.32 Å². The number of benzene rings is 2. The lowest BCUT2D eigenvalue weighted by Gasteiger charge is -2.04. The Morgan fingerprint density at radius 1 is 1.07 bits per heavy atom. The molecule has 2 aromatic heterocycles. The third kappa shape index (κ3) is 3.10. The molecule has 0 saturated heterocycles. The smallest absolute Gasteiger partial charge is 0.341 e. The number of carbonyl (C=O) groups excluding carboxylic acids is 2. The molecule has 9 heteroatoms. The topological polar surface area (TPSA) is 98.5 Å². The fourth-order valence-corrected chi connectivity index (χ4v) is 4.88. The number of nitro groups is 1. The number of methoxy groups -OCH3 is 1. The SMILES string of the molecule is COC(=O)c1c(NC(=O)c2cc3cc([N+](=O)[O-])ccc3s2)sc2ccccc12. The van der Waals surface area contributed by atoms with Crippen LogP contribution in [0.3, 0.4) is 0 Å². The number of non-ortho nitro benzene ring substituents is 1. The molecule has 4 rings (SSSR count). The largest absolute Gasteiger partial charge is 0.465 e. The Kier molecular flexibility index (Phi) is 4.54. The standard InChI is InChI=1S/C19H12N2O5S2/c1-26-19(23)16-12-4-2-3-5-14(12)28-18(16)20-17(22)15-9-10-8-11(21(24)25)6-7-13(10)27-15/h2-9H,1H3,(H,20,22). The summed E-state index contributed by atoms with van der Waals surface area (Å²) in [4.78, 5) is 35.8. The first-order valence-electron chi connectivity index (χ1n) is 8.07. The van der Waals surface area contributed by atoms with Crippen molar-refractivity contribution in [1.82, 2.24) is 0 Å². The quantitative estimate of drug-likeness (QED) is 0.287. The average molecular weight is 412 g/mol. The summed E-state index contributed by atoms with van der Waals surface area (Å²) >= 11 is 2.51. The van der Waals surface area contributed by atoms with Crippen molar-refractivity contribution in [3.63, 3.8) is 0 Å². The van der Waals surface area contributed by atoms with Gasteiger partial charge in [0, 0.05) is 32.3 Å². The number of amides is 1. The van der Waals surface area contributed by atoms with Gasteiger partial charge in [0.25, 0.3) is 11.6 Å². The molecule has 0 atom stereocenters. The average Bonchev–Trinajstić information content (AvgIpc) is 3.27. The van der Waals surface area contributed by atoms with E-state index in [1.165, 1.54) is 41.9 Å². The fraction of sp³-hybridized carbons (Fsp3) is 0.0526. The Morgan fingerprint density at radius 3 is 2.61 bits per heavy atom. The van der Waals surface area contributed by atoms with E-state index in [9.17, 15) is 19.7 Å². The van der Waals surface area contributed by atoms with E-state index in [4.69, 9.17) is 4.74 Å². The third-order valence-electron chi connectivity index (χ3n) is 4.15. The minimum atomic E-state index is -0.528. The molecule has 0 radical (unpaired) electrons. The number of hydrogen-bond acceptors (Lipinski definition) is 7. The molecule has 2 aromatic carbocycles. The molecule has 2 heterocycles. The van der Waals surface area contributed by atoms with Crippen molar-refractivity contribution < 1.29 is 19.2 Å². The molecule has 1 amide bonds. The molecule has 0 saturated carbocycles. The molecule has 0 spiro atoms. The van der Waals surface area contributed by atoms with Gasteiger partial charge in [0.1, 0.15) is 10.6 Å². The maximum atomic E-state index is 12.8. The number of carbonyl (C=O) groups is 2. The van der Waals surface area contributed by atoms with Gasteiger partial charge in [-0.25, -0.2) is 4.79 Å². The Morgan fingerprint density at radius 2 is 1.86 bits per heavy atom. The van der Waals surface area contributed by atoms with Crippen molar-refractivity contribution >= 4 is 65.4 Å². The van der Waals surface area contributed by atoms with Crippen molar-refractivity contribution in [3.8, 4) is 0 Å². The zero-order valence-electron chi connectivity index (χ0n) is 14.4. The van der Waals surface area contributed by atoms with Crippen LogP contribution in [-0.2, 0) is 4.74 Å². The first-order valence-corrected chi connectivity index (χ1v) is 9.70. The zero-order chi connectivity index (χ0) is 19.8. The summed E-state index contributed by atoms with van der Waals surface area (Å²) in [6, 6.07) is 13.4. The first kappa shape index (κ1) is 18.1. The van der Waals surface area contributed by atoms with E-state index in [1.807, 2.05) is 18.2 Å². The predicted octanol–water partition coefficient (Wildman–Crippen LogP) is 5.06. The van der Waals surface area contributed by atoms with Crippen LogP contribution in [0.4, 0.5) is 10.7 Å². The van der Waals surface area contributed by atoms with E-state index in [0.29, 0.717) is 26.2 Å². The maximum Gasteiger partial charge on any atom is 0.341 e. The van der Waals surface area contributed by atoms with Crippen LogP contribution >= 0.6 is 22.7 Å². The highest BCUT2D eigenvalue weighted by molar-refractivity contribution is 7.24. The zero-order valence-corrected chi connectivity index (χ0v) is 16.1. The number of esters is 1. The molecular formula is C19H12N2O5S2. The highest BCUT2D eigenvalue weighted by Crippen LogP contribution is 2.37. The third-order valence-corrected chi connectivity index (χ3v) is 6.35. The van der Waals surface area contributed by atoms with Gasteiger partial charge in [-0.05, 0) is 18.2 Å². The lowest BCUT2D eigenvalue weighted by Crippen LogP contribution is -2.12. The highest BCUT2D eigenvalue weighted by atomic mass is 32.1. The molecule has 140 valence electrons. The number of nitrogens with zero attached hydrogens (tertiary/aromatic N) is 1. The highest BCUT2D eigenvalue weighted by Gasteiger charge is 2.22. The molecule has 0 bridgehead atoms. The molecule has 0 aliphatic heterocycles. The summed E-state index contributed by atoms with van der Waals surface area (Å²) in [5, 5.41) is 15.4. The Balaban J connectivity index is 1.71. The summed E-state index contributed by atoms with van der Waals surface area (Å²) < 4.78 is 6.49. The molecule has 0 aliphatic rings. The van der Waals surface area contributed by atoms with E-state index in [1.54, 1.807) is 18.2 Å². The van der Waals surface area contributed by atoms with Crippen molar-refractivity contribution in [2.24, 2.45) is 0 Å². The van der Waals surface area contributed by atoms with Gasteiger partial charge in [-0.3, -0.25) is 14.9 Å². The van der Waals surface area contributed by atoms with E-state index in [2.05, 4.69) is 5.32 Å². The Labute approximate surface area is 166 Å². The van der Waals surface area contributed by atoms with Gasteiger partial charge in [-0.15, -0.1) is 22.7 Å². The number of hydrogen-bond donors (Lipinski definition) is 1. The van der Waals surface area contributed by atoms with Crippen LogP contribution in [-0.4, -0.2) is 23.9 Å². The normalized spacial score (nSPS) is 10.9. The molecule has 4 aromatic rings.